The van der Waals surface area contributed by atoms with Crippen molar-refractivity contribution >= 4 is 57.5 Å². The third-order valence-electron chi connectivity index (χ3n) is 4.82. The van der Waals surface area contributed by atoms with Gasteiger partial charge in [-0.25, -0.2) is 0 Å². The smallest absolute Gasteiger partial charge is 0.227 e. The van der Waals surface area contributed by atoms with Crippen LogP contribution in [-0.2, 0) is 24.9 Å². The van der Waals surface area contributed by atoms with E-state index in [0.717, 1.165) is 41.2 Å². The lowest BCUT2D eigenvalue weighted by Crippen LogP contribution is -2.38. The van der Waals surface area contributed by atoms with Gasteiger partial charge in [0.15, 0.2) is 5.96 Å². The van der Waals surface area contributed by atoms with E-state index in [0.29, 0.717) is 13.0 Å². The minimum atomic E-state index is 0. The number of aliphatic imine (C=N–C) groups is 1. The summed E-state index contributed by atoms with van der Waals surface area (Å²) >= 11 is 3.51. The quantitative estimate of drug-likeness (QED) is 0.345. The largest absolute Gasteiger partial charge is 0.352 e. The Kier molecular flexibility index (Phi) is 8.36. The first kappa shape index (κ1) is 22.7. The van der Waals surface area contributed by atoms with Gasteiger partial charge in [-0.2, -0.15) is 0 Å². The predicted molar refractivity (Wildman–Crippen MR) is 128 cm³/mol. The van der Waals surface area contributed by atoms with Gasteiger partial charge in [0, 0.05) is 62.7 Å². The molecule has 0 unspecified atom stereocenters. The molecule has 0 aliphatic carbocycles. The second kappa shape index (κ2) is 10.3. The fourth-order valence-corrected chi connectivity index (χ4v) is 3.89. The Labute approximate surface area is 192 Å². The van der Waals surface area contributed by atoms with E-state index < -0.39 is 0 Å². The Bertz CT molecular complexity index is 834. The number of nitrogens with zero attached hydrogens (tertiary/aromatic N) is 4. The first-order chi connectivity index (χ1) is 13.0. The first-order valence-electron chi connectivity index (χ1n) is 9.10. The highest BCUT2D eigenvalue weighted by molar-refractivity contribution is 14.0. The number of anilines is 1. The van der Waals surface area contributed by atoms with Crippen molar-refractivity contribution in [3.63, 3.8) is 0 Å². The van der Waals surface area contributed by atoms with Crippen LogP contribution in [0.15, 0.2) is 46.0 Å². The van der Waals surface area contributed by atoms with Crippen LogP contribution in [0.5, 0.6) is 0 Å². The molecular weight excluding hydrogens is 533 g/mol. The third-order valence-corrected chi connectivity index (χ3v) is 5.25. The molecule has 1 N–H and O–H groups in total. The van der Waals surface area contributed by atoms with Crippen molar-refractivity contribution in [1.82, 2.24) is 14.8 Å². The van der Waals surface area contributed by atoms with Gasteiger partial charge in [0.05, 0.1) is 6.54 Å². The first-order valence-corrected chi connectivity index (χ1v) is 9.89. The van der Waals surface area contributed by atoms with Gasteiger partial charge in [-0.05, 0) is 46.1 Å². The zero-order chi connectivity index (χ0) is 19.4. The van der Waals surface area contributed by atoms with Gasteiger partial charge in [0.2, 0.25) is 5.91 Å². The normalized spacial score (nSPS) is 14.2. The minimum absolute atomic E-state index is 0. The van der Waals surface area contributed by atoms with Crippen molar-refractivity contribution in [2.75, 3.05) is 25.5 Å². The van der Waals surface area contributed by atoms with Crippen LogP contribution in [0.2, 0.25) is 0 Å². The van der Waals surface area contributed by atoms with E-state index in [2.05, 4.69) is 53.9 Å². The van der Waals surface area contributed by atoms with E-state index in [9.17, 15) is 4.79 Å². The second-order valence-electron chi connectivity index (χ2n) is 6.83. The Balaban J connectivity index is 0.00000280. The average Bonchev–Trinajstić information content (AvgIpc) is 3.21. The average molecular weight is 560 g/mol. The fourth-order valence-electron chi connectivity index (χ4n) is 3.32. The summed E-state index contributed by atoms with van der Waals surface area (Å²) < 4.78 is 3.18. The van der Waals surface area contributed by atoms with Gasteiger partial charge >= 0.3 is 0 Å². The maximum absolute atomic E-state index is 11.9. The molecule has 28 heavy (non-hydrogen) atoms. The standard InChI is InChI=1S/C20H26BrN5O.HI/c1-22-20(25(3)14-18-11-16(21)13-24(18)2)23-12-15-6-8-17(9-7-15)26-10-4-5-19(26)27;/h6-9,11,13H,4-5,10,12,14H2,1-3H3,(H,22,23);1H. The summed E-state index contributed by atoms with van der Waals surface area (Å²) in [7, 11) is 5.86. The zero-order valence-corrected chi connectivity index (χ0v) is 20.4. The van der Waals surface area contributed by atoms with E-state index in [1.807, 2.05) is 37.3 Å². The molecule has 2 aromatic rings. The van der Waals surface area contributed by atoms with Crippen molar-refractivity contribution in [2.24, 2.45) is 12.0 Å². The highest BCUT2D eigenvalue weighted by Gasteiger charge is 2.21. The maximum Gasteiger partial charge on any atom is 0.227 e. The highest BCUT2D eigenvalue weighted by atomic mass is 127. The van der Waals surface area contributed by atoms with Crippen molar-refractivity contribution in [1.29, 1.82) is 0 Å². The third kappa shape index (κ3) is 5.50. The summed E-state index contributed by atoms with van der Waals surface area (Å²) in [5.41, 5.74) is 3.34. The number of carbonyl (C=O) groups is 1. The predicted octanol–water partition coefficient (Wildman–Crippen LogP) is 3.74. The molecule has 1 amide bonds. The number of hydrogen-bond donors (Lipinski definition) is 1. The summed E-state index contributed by atoms with van der Waals surface area (Å²) in [6, 6.07) is 10.3. The van der Waals surface area contributed by atoms with Gasteiger partial charge in [-0.15, -0.1) is 24.0 Å². The molecule has 0 bridgehead atoms. The monoisotopic (exact) mass is 559 g/mol. The van der Waals surface area contributed by atoms with Gasteiger partial charge in [-0.1, -0.05) is 12.1 Å². The Morgan fingerprint density at radius 2 is 2.04 bits per heavy atom. The molecule has 1 saturated heterocycles. The number of nitrogens with one attached hydrogen (secondary N) is 1. The number of benzene rings is 1. The number of hydrogen-bond acceptors (Lipinski definition) is 2. The summed E-state index contributed by atoms with van der Waals surface area (Å²) in [5.74, 6) is 1.06. The number of rotatable bonds is 5. The molecule has 152 valence electrons. The van der Waals surface area contributed by atoms with Crippen molar-refractivity contribution in [3.8, 4) is 0 Å². The van der Waals surface area contributed by atoms with E-state index in [4.69, 9.17) is 0 Å². The van der Waals surface area contributed by atoms with Crippen LogP contribution in [0.4, 0.5) is 5.69 Å². The summed E-state index contributed by atoms with van der Waals surface area (Å²) in [6.07, 6.45) is 3.65. The minimum Gasteiger partial charge on any atom is -0.352 e. The molecule has 1 aromatic carbocycles. The van der Waals surface area contributed by atoms with Gasteiger partial charge in [0.1, 0.15) is 0 Å². The molecule has 0 atom stereocenters. The fraction of sp³-hybridized carbons (Fsp3) is 0.400. The molecule has 1 aliphatic heterocycles. The molecule has 0 spiro atoms. The van der Waals surface area contributed by atoms with E-state index in [-0.39, 0.29) is 29.9 Å². The molecule has 3 rings (SSSR count). The molecule has 1 aromatic heterocycles. The van der Waals surface area contributed by atoms with E-state index >= 15 is 0 Å². The number of halogens is 2. The van der Waals surface area contributed by atoms with Crippen LogP contribution >= 0.6 is 39.9 Å². The molecule has 8 heteroatoms. The van der Waals surface area contributed by atoms with Crippen LogP contribution in [0, 0.1) is 0 Å². The number of amides is 1. The molecule has 1 fully saturated rings. The Morgan fingerprint density at radius 3 is 2.57 bits per heavy atom. The van der Waals surface area contributed by atoms with Crippen molar-refractivity contribution in [2.45, 2.75) is 25.9 Å². The molecule has 0 saturated carbocycles. The molecule has 2 heterocycles. The Hall–Kier alpha value is -1.55. The second-order valence-corrected chi connectivity index (χ2v) is 7.75. The lowest BCUT2D eigenvalue weighted by Gasteiger charge is -2.22. The number of aryl methyl sites for hydroxylation is 1. The van der Waals surface area contributed by atoms with E-state index in [1.54, 1.807) is 7.05 Å². The molecular formula is C20H27BrIN5O. The van der Waals surface area contributed by atoms with Crippen molar-refractivity contribution in [3.05, 3.63) is 52.3 Å². The zero-order valence-electron chi connectivity index (χ0n) is 16.5. The lowest BCUT2D eigenvalue weighted by molar-refractivity contribution is -0.117. The number of aromatic nitrogens is 1. The number of carbonyl (C=O) groups excluding carboxylic acids is 1. The van der Waals surface area contributed by atoms with Crippen LogP contribution in [0.3, 0.4) is 0 Å². The topological polar surface area (TPSA) is 52.9 Å². The van der Waals surface area contributed by atoms with Gasteiger partial charge < -0.3 is 19.7 Å². The van der Waals surface area contributed by atoms with Crippen LogP contribution < -0.4 is 10.2 Å². The van der Waals surface area contributed by atoms with Crippen molar-refractivity contribution < 1.29 is 4.79 Å². The maximum atomic E-state index is 11.9. The lowest BCUT2D eigenvalue weighted by atomic mass is 10.2. The SMILES string of the molecule is CN=C(NCc1ccc(N2CCCC2=O)cc1)N(C)Cc1cc(Br)cn1C.I. The molecule has 1 aliphatic rings. The highest BCUT2D eigenvalue weighted by Crippen LogP contribution is 2.21. The van der Waals surface area contributed by atoms with Crippen LogP contribution in [0.25, 0.3) is 0 Å². The summed E-state index contributed by atoms with van der Waals surface area (Å²) in [6.45, 7) is 2.27. The van der Waals surface area contributed by atoms with Gasteiger partial charge in [0.25, 0.3) is 0 Å². The van der Waals surface area contributed by atoms with Crippen LogP contribution in [-0.4, -0.2) is 42.0 Å². The van der Waals surface area contributed by atoms with E-state index in [1.165, 1.54) is 5.69 Å². The summed E-state index contributed by atoms with van der Waals surface area (Å²) in [5, 5.41) is 3.40. The van der Waals surface area contributed by atoms with Crippen LogP contribution in [0.1, 0.15) is 24.1 Å². The number of guanidine groups is 1. The molecule has 0 radical (unpaired) electrons. The summed E-state index contributed by atoms with van der Waals surface area (Å²) in [4.78, 5) is 20.2. The Morgan fingerprint density at radius 1 is 1.32 bits per heavy atom. The molecule has 6 nitrogen and oxygen atoms in total. The van der Waals surface area contributed by atoms with Gasteiger partial charge in [-0.3, -0.25) is 9.79 Å².